The molecule has 0 aliphatic heterocycles. The fourth-order valence-electron chi connectivity index (χ4n) is 9.47. The predicted molar refractivity (Wildman–Crippen MR) is 275 cm³/mol. The van der Waals surface area contributed by atoms with Gasteiger partial charge in [-0.25, -0.2) is 19.9 Å². The predicted octanol–water partition coefficient (Wildman–Crippen LogP) is 14.3. The second-order valence-corrected chi connectivity index (χ2v) is 16.7. The summed E-state index contributed by atoms with van der Waals surface area (Å²) in [5.74, 6) is 3.34. The van der Waals surface area contributed by atoms with Crippen LogP contribution in [0.2, 0.25) is 0 Å². The first kappa shape index (κ1) is 39.0. The molecule has 318 valence electrons. The molecule has 0 bridgehead atoms. The van der Waals surface area contributed by atoms with Crippen molar-refractivity contribution >= 4 is 43.6 Å². The maximum absolute atomic E-state index is 5.36. The molecule has 0 aliphatic rings. The summed E-state index contributed by atoms with van der Waals surface area (Å²) in [5.41, 5.74) is 12.0. The van der Waals surface area contributed by atoms with Gasteiger partial charge in [0.05, 0.1) is 22.1 Å². The highest BCUT2D eigenvalue weighted by Gasteiger charge is 2.23. The van der Waals surface area contributed by atoms with Crippen LogP contribution in [0.1, 0.15) is 0 Å². The third kappa shape index (κ3) is 6.70. The van der Waals surface area contributed by atoms with Crippen LogP contribution in [0.4, 0.5) is 0 Å². The summed E-state index contributed by atoms with van der Waals surface area (Å²) in [4.78, 5) is 30.8. The number of aromatic nitrogens is 8. The van der Waals surface area contributed by atoms with Crippen molar-refractivity contribution in [1.82, 2.24) is 39.0 Å². The van der Waals surface area contributed by atoms with E-state index in [1.165, 1.54) is 21.9 Å². The Kier molecular flexibility index (Phi) is 9.31. The Bertz CT molecular complexity index is 3940. The van der Waals surface area contributed by atoms with E-state index in [4.69, 9.17) is 29.9 Å². The molecule has 0 radical (unpaired) electrons. The van der Waals surface area contributed by atoms with E-state index in [-0.39, 0.29) is 0 Å². The zero-order valence-electron chi connectivity index (χ0n) is 36.5. The molecule has 0 spiro atoms. The topological polar surface area (TPSA) is 87.2 Å². The number of nitrogens with zero attached hydrogens (tertiary/aromatic N) is 8. The lowest BCUT2D eigenvalue weighted by molar-refractivity contribution is 0.953. The SMILES string of the molecule is c1ccc(-c2ccc(-n3c4ccccc4c4ccc5c(c6ccccc6n5-c5nc(-c6ccccc6)nc(-c6cccc(-c7nc(-c8ccccc8)nc(-c8ccccc8)n7)c6)n5)c43)cc2)cc1. The summed E-state index contributed by atoms with van der Waals surface area (Å²) >= 11 is 0. The smallest absolute Gasteiger partial charge is 0.238 e. The van der Waals surface area contributed by atoms with Crippen LogP contribution in [0.25, 0.3) is 123 Å². The highest BCUT2D eigenvalue weighted by atomic mass is 15.2. The van der Waals surface area contributed by atoms with E-state index in [9.17, 15) is 0 Å². The number of rotatable bonds is 8. The molecule has 13 rings (SSSR count). The zero-order chi connectivity index (χ0) is 45.0. The zero-order valence-corrected chi connectivity index (χ0v) is 36.5. The van der Waals surface area contributed by atoms with Crippen molar-refractivity contribution < 1.29 is 0 Å². The minimum Gasteiger partial charge on any atom is -0.309 e. The Morgan fingerprint density at radius 1 is 0.250 bits per heavy atom. The van der Waals surface area contributed by atoms with Gasteiger partial charge in [0, 0.05) is 55.0 Å². The van der Waals surface area contributed by atoms with Crippen molar-refractivity contribution in [2.75, 3.05) is 0 Å². The molecular formula is C60H38N8. The molecule has 0 aliphatic carbocycles. The first-order valence-electron chi connectivity index (χ1n) is 22.6. The van der Waals surface area contributed by atoms with Crippen LogP contribution in [-0.4, -0.2) is 39.0 Å². The second kappa shape index (κ2) is 16.2. The van der Waals surface area contributed by atoms with Crippen LogP contribution < -0.4 is 0 Å². The number of fused-ring (bicyclic) bond motifs is 7. The molecule has 0 saturated heterocycles. The first-order valence-corrected chi connectivity index (χ1v) is 22.6. The van der Waals surface area contributed by atoms with Crippen LogP contribution in [0.3, 0.4) is 0 Å². The summed E-state index contributed by atoms with van der Waals surface area (Å²) in [5, 5.41) is 4.57. The highest BCUT2D eigenvalue weighted by molar-refractivity contribution is 6.26. The third-order valence-electron chi connectivity index (χ3n) is 12.6. The van der Waals surface area contributed by atoms with Crippen molar-refractivity contribution in [3.63, 3.8) is 0 Å². The molecule has 0 N–H and O–H groups in total. The van der Waals surface area contributed by atoms with Gasteiger partial charge in [-0.15, -0.1) is 0 Å². The lowest BCUT2D eigenvalue weighted by Crippen LogP contribution is -2.06. The summed E-state index contributed by atoms with van der Waals surface area (Å²) in [6.45, 7) is 0. The molecule has 4 heterocycles. The molecule has 68 heavy (non-hydrogen) atoms. The summed E-state index contributed by atoms with van der Waals surface area (Å²) in [7, 11) is 0. The number of hydrogen-bond acceptors (Lipinski definition) is 6. The molecule has 9 aromatic carbocycles. The van der Waals surface area contributed by atoms with Crippen LogP contribution in [0.15, 0.2) is 231 Å². The average molecular weight is 871 g/mol. The van der Waals surface area contributed by atoms with Crippen molar-refractivity contribution in [2.24, 2.45) is 0 Å². The quantitative estimate of drug-likeness (QED) is 0.151. The van der Waals surface area contributed by atoms with E-state index >= 15 is 0 Å². The van der Waals surface area contributed by atoms with Gasteiger partial charge in [0.15, 0.2) is 29.1 Å². The van der Waals surface area contributed by atoms with Crippen molar-refractivity contribution in [2.45, 2.75) is 0 Å². The monoisotopic (exact) mass is 870 g/mol. The van der Waals surface area contributed by atoms with Crippen molar-refractivity contribution in [1.29, 1.82) is 0 Å². The molecule has 0 amide bonds. The fourth-order valence-corrected chi connectivity index (χ4v) is 9.47. The molecule has 8 heteroatoms. The van der Waals surface area contributed by atoms with E-state index in [1.54, 1.807) is 0 Å². The number of para-hydroxylation sites is 2. The second-order valence-electron chi connectivity index (χ2n) is 16.7. The van der Waals surface area contributed by atoms with Gasteiger partial charge < -0.3 is 4.57 Å². The highest BCUT2D eigenvalue weighted by Crippen LogP contribution is 2.42. The van der Waals surface area contributed by atoms with Gasteiger partial charge in [0.25, 0.3) is 0 Å². The Hall–Kier alpha value is -9.40. The van der Waals surface area contributed by atoms with Crippen LogP contribution in [0, 0.1) is 0 Å². The molecule has 0 atom stereocenters. The molecule has 4 aromatic heterocycles. The molecule has 0 saturated carbocycles. The van der Waals surface area contributed by atoms with Crippen LogP contribution in [0.5, 0.6) is 0 Å². The molecule has 13 aromatic rings. The Balaban J connectivity index is 1.02. The van der Waals surface area contributed by atoms with E-state index in [0.717, 1.165) is 66.3 Å². The van der Waals surface area contributed by atoms with Gasteiger partial charge in [-0.2, -0.15) is 9.97 Å². The van der Waals surface area contributed by atoms with E-state index in [2.05, 4.69) is 130 Å². The van der Waals surface area contributed by atoms with Crippen molar-refractivity contribution in [3.05, 3.63) is 231 Å². The number of hydrogen-bond donors (Lipinski definition) is 0. The van der Waals surface area contributed by atoms with Gasteiger partial charge in [0.1, 0.15) is 0 Å². The molecule has 0 fully saturated rings. The van der Waals surface area contributed by atoms with Gasteiger partial charge in [-0.1, -0.05) is 194 Å². The largest absolute Gasteiger partial charge is 0.309 e. The maximum Gasteiger partial charge on any atom is 0.238 e. The van der Waals surface area contributed by atoms with Gasteiger partial charge in [-0.3, -0.25) is 4.57 Å². The molecule has 0 unspecified atom stereocenters. The molecular weight excluding hydrogens is 833 g/mol. The Labute approximate surface area is 391 Å². The average Bonchev–Trinajstić information content (AvgIpc) is 3.95. The van der Waals surface area contributed by atoms with Gasteiger partial charge >= 0.3 is 0 Å². The standard InChI is InChI=1S/C60H38N8/c1-5-18-39(19-6-1)40-32-34-46(35-33-40)67-50-30-15-13-28-47(50)48-36-37-52-53(54(48)67)49-29-14-16-31-51(49)68(52)60-65-57(43-24-11-4-12-25-43)64-59(66-60)45-27-17-26-44(38-45)58-62-55(41-20-7-2-8-21-41)61-56(63-58)42-22-9-3-10-23-42/h1-38H. The number of benzene rings is 9. The lowest BCUT2D eigenvalue weighted by atomic mass is 10.1. The van der Waals surface area contributed by atoms with E-state index < -0.39 is 0 Å². The molecule has 8 nitrogen and oxygen atoms in total. The van der Waals surface area contributed by atoms with Gasteiger partial charge in [-0.05, 0) is 47.5 Å². The van der Waals surface area contributed by atoms with E-state index in [1.807, 2.05) is 109 Å². The Morgan fingerprint density at radius 2 is 0.662 bits per heavy atom. The fraction of sp³-hybridized carbons (Fsp3) is 0. The summed E-state index contributed by atoms with van der Waals surface area (Å²) in [6.07, 6.45) is 0. The summed E-state index contributed by atoms with van der Waals surface area (Å²) < 4.78 is 4.60. The summed E-state index contributed by atoms with van der Waals surface area (Å²) in [6, 6.07) is 79.4. The minimum absolute atomic E-state index is 0.512. The normalized spacial score (nSPS) is 11.5. The maximum atomic E-state index is 5.36. The van der Waals surface area contributed by atoms with Gasteiger partial charge in [0.2, 0.25) is 5.95 Å². The Morgan fingerprint density at radius 3 is 1.22 bits per heavy atom. The van der Waals surface area contributed by atoms with Crippen LogP contribution >= 0.6 is 0 Å². The first-order chi connectivity index (χ1) is 33.7. The van der Waals surface area contributed by atoms with E-state index in [0.29, 0.717) is 35.1 Å². The third-order valence-corrected chi connectivity index (χ3v) is 12.6. The van der Waals surface area contributed by atoms with Crippen molar-refractivity contribution in [3.8, 4) is 79.7 Å². The minimum atomic E-state index is 0.512. The van der Waals surface area contributed by atoms with Crippen LogP contribution in [-0.2, 0) is 0 Å². The lowest BCUT2D eigenvalue weighted by Gasteiger charge is -2.12.